The second kappa shape index (κ2) is 10.9. The molecule has 194 valence electrons. The van der Waals surface area contributed by atoms with E-state index in [0.717, 1.165) is 48.1 Å². The predicted molar refractivity (Wildman–Crippen MR) is 142 cm³/mol. The number of halogens is 1. The Bertz CT molecular complexity index is 1320. The van der Waals surface area contributed by atoms with Crippen LogP contribution < -0.4 is 10.1 Å². The Morgan fingerprint density at radius 3 is 2.70 bits per heavy atom. The Morgan fingerprint density at radius 2 is 1.92 bits per heavy atom. The van der Waals surface area contributed by atoms with Gasteiger partial charge in [-0.05, 0) is 57.2 Å². The molecule has 3 heterocycles. The van der Waals surface area contributed by atoms with E-state index in [1.54, 1.807) is 30.2 Å². The van der Waals surface area contributed by atoms with Gasteiger partial charge in [0.25, 0.3) is 5.91 Å². The quantitative estimate of drug-likeness (QED) is 0.534. The number of amides is 2. The van der Waals surface area contributed by atoms with Crippen LogP contribution >= 0.6 is 11.6 Å². The molecule has 3 aromatic rings. The minimum Gasteiger partial charge on any atom is -0.496 e. The van der Waals surface area contributed by atoms with Crippen molar-refractivity contribution in [2.45, 2.75) is 38.5 Å². The lowest BCUT2D eigenvalue weighted by Crippen LogP contribution is -2.44. The summed E-state index contributed by atoms with van der Waals surface area (Å²) in [5.74, 6) is 0.494. The van der Waals surface area contributed by atoms with Crippen molar-refractivity contribution < 1.29 is 19.1 Å². The highest BCUT2D eigenvalue weighted by Crippen LogP contribution is 2.29. The predicted octanol–water partition coefficient (Wildman–Crippen LogP) is 4.42. The van der Waals surface area contributed by atoms with Crippen molar-refractivity contribution in [3.05, 3.63) is 69.9 Å². The number of nitrogens with zero attached hydrogens (tertiary/aromatic N) is 3. The van der Waals surface area contributed by atoms with Crippen molar-refractivity contribution in [2.75, 3.05) is 33.8 Å². The zero-order chi connectivity index (χ0) is 25.9. The molecule has 0 unspecified atom stereocenters. The van der Waals surface area contributed by atoms with E-state index in [1.165, 1.54) is 0 Å². The van der Waals surface area contributed by atoms with Crippen molar-refractivity contribution in [3.63, 3.8) is 0 Å². The molecule has 2 aliphatic heterocycles. The lowest BCUT2D eigenvalue weighted by atomic mass is 9.94. The third kappa shape index (κ3) is 5.50. The van der Waals surface area contributed by atoms with Crippen LogP contribution in [0.25, 0.3) is 10.9 Å². The molecule has 1 saturated heterocycles. The molecule has 37 heavy (non-hydrogen) atoms. The second-order valence-corrected chi connectivity index (χ2v) is 10.1. The number of hydrogen-bond acceptors (Lipinski definition) is 6. The van der Waals surface area contributed by atoms with Gasteiger partial charge in [-0.15, -0.1) is 0 Å². The Balaban J connectivity index is 1.38. The first-order valence-electron chi connectivity index (χ1n) is 12.6. The Hall–Kier alpha value is -3.36. The zero-order valence-electron chi connectivity index (χ0n) is 21.1. The van der Waals surface area contributed by atoms with Crippen LogP contribution in [-0.4, -0.2) is 66.6 Å². The first-order valence-corrected chi connectivity index (χ1v) is 12.9. The normalized spacial score (nSPS) is 16.4. The fourth-order valence-corrected chi connectivity index (χ4v) is 5.30. The minimum absolute atomic E-state index is 0.0331. The van der Waals surface area contributed by atoms with Gasteiger partial charge in [-0.25, -0.2) is 4.79 Å². The molecular weight excluding hydrogens is 492 g/mol. The van der Waals surface area contributed by atoms with Crippen LogP contribution in [0.2, 0.25) is 5.02 Å². The summed E-state index contributed by atoms with van der Waals surface area (Å²) in [7, 11) is 3.66. The molecule has 1 aromatic heterocycles. The third-order valence-electron chi connectivity index (χ3n) is 7.18. The second-order valence-electron chi connectivity index (χ2n) is 9.66. The maximum absolute atomic E-state index is 13.7. The Kier molecular flexibility index (Phi) is 7.48. The number of nitrogens with one attached hydrogen (secondary N) is 1. The van der Waals surface area contributed by atoms with Gasteiger partial charge in [0.05, 0.1) is 24.7 Å². The molecule has 8 nitrogen and oxygen atoms in total. The number of pyridine rings is 1. The number of rotatable bonds is 5. The standard InChI is InChI=1S/C28H31ClN4O4/c1-32-12-9-20(10-13-32)30-27(34)26-21-5-3-4-6-23(21)31-24-11-14-33(16-22(24)26)28(35)37-17-18-15-19(29)7-8-25(18)36-2/h3-8,15,20H,9-14,16-17H2,1-2H3,(H,30,34). The molecule has 2 aromatic carbocycles. The summed E-state index contributed by atoms with van der Waals surface area (Å²) >= 11 is 6.11. The average Bonchev–Trinajstić information content (AvgIpc) is 2.91. The van der Waals surface area contributed by atoms with Crippen LogP contribution in [0.3, 0.4) is 0 Å². The number of hydrogen-bond donors (Lipinski definition) is 1. The van der Waals surface area contributed by atoms with Gasteiger partial charge in [0.15, 0.2) is 0 Å². The zero-order valence-corrected chi connectivity index (χ0v) is 21.9. The van der Waals surface area contributed by atoms with Crippen molar-refractivity contribution in [3.8, 4) is 5.75 Å². The highest BCUT2D eigenvalue weighted by Gasteiger charge is 2.30. The maximum atomic E-state index is 13.7. The molecule has 0 radical (unpaired) electrons. The lowest BCUT2D eigenvalue weighted by Gasteiger charge is -2.31. The van der Waals surface area contributed by atoms with E-state index in [0.29, 0.717) is 34.9 Å². The van der Waals surface area contributed by atoms with E-state index in [1.807, 2.05) is 24.3 Å². The number of ether oxygens (including phenoxy) is 2. The van der Waals surface area contributed by atoms with Gasteiger partial charge in [0, 0.05) is 46.2 Å². The molecule has 5 rings (SSSR count). The van der Waals surface area contributed by atoms with E-state index in [4.69, 9.17) is 26.1 Å². The van der Waals surface area contributed by atoms with Crippen molar-refractivity contribution >= 4 is 34.5 Å². The molecule has 0 saturated carbocycles. The summed E-state index contributed by atoms with van der Waals surface area (Å²) in [6.45, 7) is 2.66. The summed E-state index contributed by atoms with van der Waals surface area (Å²) in [4.78, 5) is 35.5. The monoisotopic (exact) mass is 522 g/mol. The molecule has 9 heteroatoms. The van der Waals surface area contributed by atoms with Crippen LogP contribution in [0.15, 0.2) is 42.5 Å². The van der Waals surface area contributed by atoms with Crippen LogP contribution in [0, 0.1) is 0 Å². The first kappa shape index (κ1) is 25.3. The summed E-state index contributed by atoms with van der Waals surface area (Å²) in [6.07, 6.45) is 1.92. The van der Waals surface area contributed by atoms with Crippen LogP contribution in [-0.2, 0) is 24.3 Å². The van der Waals surface area contributed by atoms with Gasteiger partial charge >= 0.3 is 6.09 Å². The van der Waals surface area contributed by atoms with Crippen LogP contribution in [0.4, 0.5) is 4.79 Å². The molecule has 0 atom stereocenters. The fourth-order valence-electron chi connectivity index (χ4n) is 5.11. The molecule has 0 spiro atoms. The largest absolute Gasteiger partial charge is 0.496 e. The van der Waals surface area contributed by atoms with Crippen molar-refractivity contribution in [1.82, 2.24) is 20.1 Å². The summed E-state index contributed by atoms with van der Waals surface area (Å²) in [5, 5.41) is 4.59. The Morgan fingerprint density at radius 1 is 1.14 bits per heavy atom. The molecular formula is C28H31ClN4O4. The van der Waals surface area contributed by atoms with Gasteiger partial charge in [0.2, 0.25) is 0 Å². The summed E-state index contributed by atoms with van der Waals surface area (Å²) < 4.78 is 11.0. The lowest BCUT2D eigenvalue weighted by molar-refractivity contribution is 0.0877. The molecule has 1 fully saturated rings. The maximum Gasteiger partial charge on any atom is 0.410 e. The summed E-state index contributed by atoms with van der Waals surface area (Å²) in [5.41, 5.74) is 3.72. The highest BCUT2D eigenvalue weighted by molar-refractivity contribution is 6.30. The number of benzene rings is 2. The van der Waals surface area contributed by atoms with Crippen LogP contribution in [0.1, 0.15) is 40.0 Å². The highest BCUT2D eigenvalue weighted by atomic mass is 35.5. The van der Waals surface area contributed by atoms with Crippen LogP contribution in [0.5, 0.6) is 5.75 Å². The van der Waals surface area contributed by atoms with Gasteiger partial charge in [-0.1, -0.05) is 29.8 Å². The number of aromatic nitrogens is 1. The van der Waals surface area contributed by atoms with Gasteiger partial charge in [-0.3, -0.25) is 9.78 Å². The number of likely N-dealkylation sites (tertiary alicyclic amines) is 1. The molecule has 2 amide bonds. The number of carbonyl (C=O) groups excluding carboxylic acids is 2. The number of fused-ring (bicyclic) bond motifs is 2. The number of para-hydroxylation sites is 1. The number of carbonyl (C=O) groups is 2. The summed E-state index contributed by atoms with van der Waals surface area (Å²) in [6, 6.07) is 13.0. The fraction of sp³-hybridized carbons (Fsp3) is 0.393. The van der Waals surface area contributed by atoms with Gasteiger partial charge in [0.1, 0.15) is 12.4 Å². The minimum atomic E-state index is -0.456. The molecule has 2 aliphatic rings. The first-order chi connectivity index (χ1) is 17.9. The number of methoxy groups -OCH3 is 1. The molecule has 1 N–H and O–H groups in total. The third-order valence-corrected chi connectivity index (χ3v) is 7.41. The van der Waals surface area contributed by atoms with Crippen molar-refractivity contribution in [2.24, 2.45) is 0 Å². The van der Waals surface area contributed by atoms with E-state index >= 15 is 0 Å². The van der Waals surface area contributed by atoms with Gasteiger partial charge < -0.3 is 24.6 Å². The van der Waals surface area contributed by atoms with E-state index in [9.17, 15) is 9.59 Å². The van der Waals surface area contributed by atoms with E-state index in [-0.39, 0.29) is 25.1 Å². The Labute approximate surface area is 221 Å². The average molecular weight is 523 g/mol. The van der Waals surface area contributed by atoms with Gasteiger partial charge in [-0.2, -0.15) is 0 Å². The topological polar surface area (TPSA) is 84.0 Å². The molecule has 0 bridgehead atoms. The molecule has 0 aliphatic carbocycles. The number of piperidine rings is 1. The SMILES string of the molecule is COc1ccc(Cl)cc1COC(=O)N1CCc2nc3ccccc3c(C(=O)NC3CCN(C)CC3)c2C1. The smallest absolute Gasteiger partial charge is 0.410 e. The van der Waals surface area contributed by atoms with E-state index < -0.39 is 6.09 Å². The van der Waals surface area contributed by atoms with Crippen molar-refractivity contribution in [1.29, 1.82) is 0 Å². The van der Waals surface area contributed by atoms with E-state index in [2.05, 4.69) is 17.3 Å².